The third-order valence-corrected chi connectivity index (χ3v) is 6.34. The number of nitrogens with one attached hydrogen (secondary N) is 2. The Morgan fingerprint density at radius 3 is 2.75 bits per heavy atom. The molecule has 3 aromatic rings. The largest absolute Gasteiger partial charge is 0.484 e. The number of halogens is 2. The zero-order valence-electron chi connectivity index (χ0n) is 17.0. The van der Waals surface area contributed by atoms with Gasteiger partial charge in [0.15, 0.2) is 6.61 Å². The Bertz CT molecular complexity index is 1140. The van der Waals surface area contributed by atoms with E-state index in [0.29, 0.717) is 24.8 Å². The molecule has 2 bridgehead atoms. The molecule has 3 aliphatic rings. The third-order valence-electron chi connectivity index (χ3n) is 6.04. The molecule has 1 aromatic heterocycles. The first-order valence-corrected chi connectivity index (χ1v) is 10.5. The lowest BCUT2D eigenvalue weighted by molar-refractivity contribution is -0.151. The lowest BCUT2D eigenvalue weighted by Crippen LogP contribution is -2.83. The minimum atomic E-state index is -0.882. The fraction of sp³-hybridized carbons (Fsp3) is 0.318. The number of nitrogens with zero attached hydrogens (tertiary/aromatic N) is 3. The highest BCUT2D eigenvalue weighted by molar-refractivity contribution is 6.30. The van der Waals surface area contributed by atoms with E-state index in [2.05, 4.69) is 20.7 Å². The summed E-state index contributed by atoms with van der Waals surface area (Å²) < 4.78 is 20.4. The number of aliphatic hydroxyl groups is 1. The molecule has 0 aliphatic heterocycles. The van der Waals surface area contributed by atoms with Crippen molar-refractivity contribution in [3.8, 4) is 11.4 Å². The van der Waals surface area contributed by atoms with Gasteiger partial charge in [0.2, 0.25) is 0 Å². The second kappa shape index (κ2) is 7.84. The lowest BCUT2D eigenvalue weighted by Gasteiger charge is -2.71. The molecule has 1 unspecified atom stereocenters. The molecule has 1 heterocycles. The van der Waals surface area contributed by atoms with Crippen LogP contribution in [0.3, 0.4) is 0 Å². The Morgan fingerprint density at radius 1 is 1.25 bits per heavy atom. The Hall–Kier alpha value is -3.01. The van der Waals surface area contributed by atoms with E-state index < -0.39 is 12.0 Å². The van der Waals surface area contributed by atoms with Gasteiger partial charge in [-0.2, -0.15) is 5.10 Å². The van der Waals surface area contributed by atoms with Gasteiger partial charge in [0.05, 0.1) is 10.7 Å². The third kappa shape index (κ3) is 3.83. The van der Waals surface area contributed by atoms with E-state index in [-0.39, 0.29) is 34.4 Å². The van der Waals surface area contributed by atoms with Crippen LogP contribution in [0.15, 0.2) is 55.1 Å². The summed E-state index contributed by atoms with van der Waals surface area (Å²) in [6.45, 7) is -0.211. The molecule has 32 heavy (non-hydrogen) atoms. The number of aromatic nitrogens is 3. The van der Waals surface area contributed by atoms with Crippen molar-refractivity contribution in [1.82, 2.24) is 25.4 Å². The number of carbonyl (C=O) groups is 1. The average Bonchev–Trinajstić information content (AvgIpc) is 3.27. The van der Waals surface area contributed by atoms with Crippen LogP contribution in [0, 0.1) is 5.82 Å². The Labute approximate surface area is 188 Å². The zero-order valence-corrected chi connectivity index (χ0v) is 17.7. The van der Waals surface area contributed by atoms with Crippen molar-refractivity contribution in [3.05, 3.63) is 71.5 Å². The second-order valence-corrected chi connectivity index (χ2v) is 8.86. The number of benzene rings is 2. The normalized spacial score (nSPS) is 24.2. The molecule has 3 N–H and O–H groups in total. The fourth-order valence-electron chi connectivity index (χ4n) is 4.75. The van der Waals surface area contributed by atoms with Crippen LogP contribution in [0.4, 0.5) is 4.39 Å². The fourth-order valence-corrected chi connectivity index (χ4v) is 4.87. The summed E-state index contributed by atoms with van der Waals surface area (Å²) in [5, 5.41) is 21.3. The summed E-state index contributed by atoms with van der Waals surface area (Å²) in [4.78, 5) is 16.2. The first-order valence-electron chi connectivity index (χ1n) is 10.2. The van der Waals surface area contributed by atoms with Crippen LogP contribution in [0.5, 0.6) is 5.75 Å². The van der Waals surface area contributed by atoms with Crippen molar-refractivity contribution in [1.29, 1.82) is 0 Å². The maximum Gasteiger partial charge on any atom is 0.258 e. The van der Waals surface area contributed by atoms with Crippen molar-refractivity contribution < 1.29 is 19.0 Å². The first-order chi connectivity index (χ1) is 15.4. The molecule has 2 aromatic carbocycles. The predicted octanol–water partition coefficient (Wildman–Crippen LogP) is 2.51. The maximum atomic E-state index is 13.5. The Balaban J connectivity index is 1.14. The monoisotopic (exact) mass is 457 g/mol. The Morgan fingerprint density at radius 2 is 2.03 bits per heavy atom. The van der Waals surface area contributed by atoms with Crippen molar-refractivity contribution in [2.45, 2.75) is 36.6 Å². The van der Waals surface area contributed by atoms with E-state index in [1.807, 2.05) is 24.3 Å². The number of ether oxygens (including phenoxy) is 1. The van der Waals surface area contributed by atoms with Gasteiger partial charge < -0.3 is 15.2 Å². The SMILES string of the molecule is O=C(COc1ccc(Cl)c(F)c1)NC12CC(NC(O)c3ccccc3-n3cncn3)(C1)C2. The molecule has 1 amide bonds. The van der Waals surface area contributed by atoms with Crippen LogP contribution in [-0.4, -0.2) is 43.5 Å². The molecular formula is C22H21ClFN5O3. The van der Waals surface area contributed by atoms with Gasteiger partial charge in [-0.15, -0.1) is 0 Å². The molecular weight excluding hydrogens is 437 g/mol. The highest BCUT2D eigenvalue weighted by Gasteiger charge is 2.68. The highest BCUT2D eigenvalue weighted by atomic mass is 35.5. The molecule has 8 nitrogen and oxygen atoms in total. The first kappa shape index (κ1) is 20.9. The van der Waals surface area contributed by atoms with Crippen molar-refractivity contribution in [2.75, 3.05) is 6.61 Å². The summed E-state index contributed by atoms with van der Waals surface area (Å²) >= 11 is 5.64. The molecule has 166 valence electrons. The van der Waals surface area contributed by atoms with Gasteiger partial charge in [-0.3, -0.25) is 10.1 Å². The molecule has 3 fully saturated rings. The van der Waals surface area contributed by atoms with Crippen molar-refractivity contribution in [2.24, 2.45) is 0 Å². The molecule has 3 aliphatic carbocycles. The van der Waals surface area contributed by atoms with E-state index in [0.717, 1.165) is 11.8 Å². The molecule has 0 saturated heterocycles. The minimum absolute atomic E-state index is 0.000402. The van der Waals surface area contributed by atoms with Crippen LogP contribution in [-0.2, 0) is 4.79 Å². The quantitative estimate of drug-likeness (QED) is 0.449. The van der Waals surface area contributed by atoms with Gasteiger partial charge in [0.25, 0.3) is 5.91 Å². The molecule has 3 saturated carbocycles. The number of hydrogen-bond acceptors (Lipinski definition) is 6. The second-order valence-electron chi connectivity index (χ2n) is 8.45. The summed E-state index contributed by atoms with van der Waals surface area (Å²) in [5.74, 6) is -0.626. The van der Waals surface area contributed by atoms with Gasteiger partial charge in [-0.25, -0.2) is 14.1 Å². The lowest BCUT2D eigenvalue weighted by atomic mass is 9.44. The van der Waals surface area contributed by atoms with Gasteiger partial charge in [0.1, 0.15) is 30.4 Å². The molecule has 1 atom stereocenters. The highest BCUT2D eigenvalue weighted by Crippen LogP contribution is 2.61. The number of amides is 1. The Kier molecular flexibility index (Phi) is 5.11. The molecule has 6 rings (SSSR count). The van der Waals surface area contributed by atoms with Crippen LogP contribution in [0.25, 0.3) is 5.69 Å². The average molecular weight is 458 g/mol. The van der Waals surface area contributed by atoms with Crippen LogP contribution < -0.4 is 15.4 Å². The standard InChI is InChI=1S/C22H21ClFN5O3/c23-16-6-5-14(7-17(16)24)32-8-19(30)27-21-9-22(10-21,11-21)28-20(31)15-3-1-2-4-18(15)29-13-25-12-26-29/h1-7,12-13,20,28,31H,8-11H2,(H,27,30). The van der Waals surface area contributed by atoms with Crippen LogP contribution >= 0.6 is 11.6 Å². The maximum absolute atomic E-state index is 13.5. The summed E-state index contributed by atoms with van der Waals surface area (Å²) in [6, 6.07) is 11.5. The van der Waals surface area contributed by atoms with E-state index >= 15 is 0 Å². The molecule has 0 spiro atoms. The van der Waals surface area contributed by atoms with E-state index in [1.165, 1.54) is 18.5 Å². The van der Waals surface area contributed by atoms with Crippen LogP contribution in [0.1, 0.15) is 31.1 Å². The zero-order chi connectivity index (χ0) is 22.3. The topological polar surface area (TPSA) is 101 Å². The van der Waals surface area contributed by atoms with Crippen LogP contribution in [0.2, 0.25) is 5.02 Å². The number of aliphatic hydroxyl groups excluding tert-OH is 1. The van der Waals surface area contributed by atoms with Gasteiger partial charge in [0, 0.05) is 22.7 Å². The van der Waals surface area contributed by atoms with Gasteiger partial charge >= 0.3 is 0 Å². The number of rotatable bonds is 8. The summed E-state index contributed by atoms with van der Waals surface area (Å²) in [5.41, 5.74) is 0.936. The smallest absolute Gasteiger partial charge is 0.258 e. The van der Waals surface area contributed by atoms with Crippen molar-refractivity contribution >= 4 is 17.5 Å². The predicted molar refractivity (Wildman–Crippen MR) is 114 cm³/mol. The summed E-state index contributed by atoms with van der Waals surface area (Å²) in [7, 11) is 0. The van der Waals surface area contributed by atoms with Crippen molar-refractivity contribution in [3.63, 3.8) is 0 Å². The van der Waals surface area contributed by atoms with E-state index in [4.69, 9.17) is 16.3 Å². The number of para-hydroxylation sites is 1. The number of carbonyl (C=O) groups excluding carboxylic acids is 1. The van der Waals surface area contributed by atoms with E-state index in [1.54, 1.807) is 11.0 Å². The minimum Gasteiger partial charge on any atom is -0.484 e. The van der Waals surface area contributed by atoms with Gasteiger partial charge in [-0.1, -0.05) is 29.8 Å². The molecule has 0 radical (unpaired) electrons. The number of hydrogen-bond donors (Lipinski definition) is 3. The van der Waals surface area contributed by atoms with E-state index in [9.17, 15) is 14.3 Å². The van der Waals surface area contributed by atoms with Gasteiger partial charge in [-0.05, 0) is 37.5 Å². The molecule has 10 heteroatoms. The summed E-state index contributed by atoms with van der Waals surface area (Å²) in [6.07, 6.45) is 4.28.